The second-order valence-electron chi connectivity index (χ2n) is 2.38. The number of isocyanates is 1. The van der Waals surface area contributed by atoms with Gasteiger partial charge in [0, 0.05) is 0 Å². The maximum Gasteiger partial charge on any atom is 0.235 e. The Morgan fingerprint density at radius 3 is 2.45 bits per heavy atom. The Bertz CT molecular complexity index is 293. The van der Waals surface area contributed by atoms with Gasteiger partial charge in [0.15, 0.2) is 9.84 Å². The Hall–Kier alpha value is -0.380. The van der Waals surface area contributed by atoms with E-state index in [1.165, 1.54) is 6.08 Å². The van der Waals surface area contributed by atoms with Crippen LogP contribution in [0.5, 0.6) is 0 Å². The fourth-order valence-electron chi connectivity index (χ4n) is 0.972. The van der Waals surface area contributed by atoms with Crippen LogP contribution < -0.4 is 0 Å². The van der Waals surface area contributed by atoms with Gasteiger partial charge in [-0.1, -0.05) is 0 Å². The number of hydrogen-bond donors (Lipinski definition) is 0. The fourth-order valence-corrected chi connectivity index (χ4v) is 3.47. The molecule has 1 aliphatic rings. The van der Waals surface area contributed by atoms with Gasteiger partial charge < -0.3 is 0 Å². The first kappa shape index (κ1) is 8.71. The van der Waals surface area contributed by atoms with E-state index in [4.69, 9.17) is 11.6 Å². The van der Waals surface area contributed by atoms with Gasteiger partial charge in [0.2, 0.25) is 6.08 Å². The predicted octanol–water partition coefficient (Wildman–Crippen LogP) is -0.273. The summed E-state index contributed by atoms with van der Waals surface area (Å²) < 4.78 is 21.7. The highest BCUT2D eigenvalue weighted by Gasteiger charge is 2.36. The Kier molecular flexibility index (Phi) is 2.32. The molecule has 62 valence electrons. The molecule has 2 atom stereocenters. The molecule has 1 fully saturated rings. The van der Waals surface area contributed by atoms with E-state index in [1.807, 2.05) is 0 Å². The van der Waals surface area contributed by atoms with Crippen LogP contribution in [-0.4, -0.2) is 37.4 Å². The highest BCUT2D eigenvalue weighted by molar-refractivity contribution is 7.91. The van der Waals surface area contributed by atoms with Crippen molar-refractivity contribution >= 4 is 27.5 Å². The van der Waals surface area contributed by atoms with E-state index in [0.29, 0.717) is 0 Å². The molecule has 1 saturated heterocycles. The topological polar surface area (TPSA) is 63.6 Å². The monoisotopic (exact) mass is 195 g/mol. The van der Waals surface area contributed by atoms with Crippen LogP contribution in [-0.2, 0) is 14.6 Å². The van der Waals surface area contributed by atoms with E-state index >= 15 is 0 Å². The standard InChI is InChI=1S/C5H6ClNO3S/c6-4-1-11(9,10)2-5(4)7-3-8/h4-5H,1-2H2/t4-,5-/m1/s1. The zero-order valence-corrected chi connectivity index (χ0v) is 7.10. The van der Waals surface area contributed by atoms with Gasteiger partial charge in [-0.25, -0.2) is 13.2 Å². The van der Waals surface area contributed by atoms with Crippen molar-refractivity contribution in [3.8, 4) is 0 Å². The molecular weight excluding hydrogens is 190 g/mol. The summed E-state index contributed by atoms with van der Waals surface area (Å²) in [7, 11) is -3.07. The molecule has 11 heavy (non-hydrogen) atoms. The highest BCUT2D eigenvalue weighted by Crippen LogP contribution is 2.20. The summed E-state index contributed by atoms with van der Waals surface area (Å²) in [6.45, 7) is 0. The second kappa shape index (κ2) is 2.93. The van der Waals surface area contributed by atoms with Gasteiger partial charge >= 0.3 is 0 Å². The van der Waals surface area contributed by atoms with Crippen molar-refractivity contribution in [2.24, 2.45) is 4.99 Å². The summed E-state index contributed by atoms with van der Waals surface area (Å²) in [4.78, 5) is 13.1. The average molecular weight is 196 g/mol. The van der Waals surface area contributed by atoms with Gasteiger partial charge in [-0.3, -0.25) is 0 Å². The maximum atomic E-state index is 10.9. The average Bonchev–Trinajstić information content (AvgIpc) is 2.07. The molecule has 0 spiro atoms. The second-order valence-corrected chi connectivity index (χ2v) is 5.10. The van der Waals surface area contributed by atoms with Gasteiger partial charge in [-0.2, -0.15) is 4.99 Å². The smallest absolute Gasteiger partial charge is 0.229 e. The van der Waals surface area contributed by atoms with Crippen molar-refractivity contribution in [3.05, 3.63) is 0 Å². The van der Waals surface area contributed by atoms with E-state index in [0.717, 1.165) is 0 Å². The molecule has 0 radical (unpaired) electrons. The number of aliphatic imine (C=N–C) groups is 1. The summed E-state index contributed by atoms with van der Waals surface area (Å²) >= 11 is 5.59. The number of rotatable bonds is 1. The summed E-state index contributed by atoms with van der Waals surface area (Å²) in [6.07, 6.45) is 1.30. The minimum absolute atomic E-state index is 0.0929. The lowest BCUT2D eigenvalue weighted by atomic mass is 10.3. The van der Waals surface area contributed by atoms with Gasteiger partial charge in [0.1, 0.15) is 0 Å². The number of hydrogen-bond acceptors (Lipinski definition) is 4. The van der Waals surface area contributed by atoms with E-state index in [-0.39, 0.29) is 11.5 Å². The molecule has 4 nitrogen and oxygen atoms in total. The molecule has 1 aliphatic heterocycles. The first-order chi connectivity index (χ1) is 5.05. The first-order valence-corrected chi connectivity index (χ1v) is 5.22. The lowest BCUT2D eigenvalue weighted by Gasteiger charge is -1.99. The Labute approximate surface area is 69.2 Å². The summed E-state index contributed by atoms with van der Waals surface area (Å²) in [6, 6.07) is -0.598. The molecule has 0 bridgehead atoms. The molecule has 0 amide bonds. The minimum atomic E-state index is -3.07. The predicted molar refractivity (Wildman–Crippen MR) is 40.2 cm³/mol. The van der Waals surface area contributed by atoms with Gasteiger partial charge in [-0.05, 0) is 0 Å². The van der Waals surface area contributed by atoms with Crippen LogP contribution >= 0.6 is 11.6 Å². The number of halogens is 1. The van der Waals surface area contributed by atoms with Crippen molar-refractivity contribution < 1.29 is 13.2 Å². The molecule has 0 aliphatic carbocycles. The lowest BCUT2D eigenvalue weighted by molar-refractivity contribution is 0.559. The summed E-state index contributed by atoms with van der Waals surface area (Å²) in [5, 5.41) is -0.568. The molecule has 6 heteroatoms. The Morgan fingerprint density at radius 2 is 2.09 bits per heavy atom. The van der Waals surface area contributed by atoms with Gasteiger partial charge in [0.05, 0.1) is 22.9 Å². The van der Waals surface area contributed by atoms with Crippen LogP contribution in [0.1, 0.15) is 0 Å². The van der Waals surface area contributed by atoms with Crippen LogP contribution in [0.2, 0.25) is 0 Å². The molecule has 0 unspecified atom stereocenters. The van der Waals surface area contributed by atoms with Crippen molar-refractivity contribution in [1.29, 1.82) is 0 Å². The Balaban J connectivity index is 2.82. The van der Waals surface area contributed by atoms with Crippen LogP contribution in [0.25, 0.3) is 0 Å². The molecular formula is C5H6ClNO3S. The number of alkyl halides is 1. The fraction of sp³-hybridized carbons (Fsp3) is 0.800. The van der Waals surface area contributed by atoms with E-state index in [9.17, 15) is 13.2 Å². The van der Waals surface area contributed by atoms with E-state index in [2.05, 4.69) is 4.99 Å². The first-order valence-electron chi connectivity index (χ1n) is 2.96. The zero-order chi connectivity index (χ0) is 8.48. The zero-order valence-electron chi connectivity index (χ0n) is 5.53. The van der Waals surface area contributed by atoms with Crippen LogP contribution in [0.15, 0.2) is 4.99 Å². The number of sulfone groups is 1. The molecule has 0 aromatic heterocycles. The lowest BCUT2D eigenvalue weighted by Crippen LogP contribution is -2.15. The van der Waals surface area contributed by atoms with E-state index in [1.54, 1.807) is 0 Å². The number of carbonyl (C=O) groups excluding carboxylic acids is 1. The van der Waals surface area contributed by atoms with Gasteiger partial charge in [-0.15, -0.1) is 11.6 Å². The molecule has 1 rings (SSSR count). The largest absolute Gasteiger partial charge is 0.235 e. The minimum Gasteiger partial charge on any atom is -0.229 e. The summed E-state index contributed by atoms with van der Waals surface area (Å²) in [5.41, 5.74) is 0. The molecule has 0 saturated carbocycles. The van der Waals surface area contributed by atoms with Crippen molar-refractivity contribution in [3.63, 3.8) is 0 Å². The molecule has 0 aromatic rings. The maximum absolute atomic E-state index is 10.9. The van der Waals surface area contributed by atoms with Crippen LogP contribution in [0.3, 0.4) is 0 Å². The molecule has 0 aromatic carbocycles. The summed E-state index contributed by atoms with van der Waals surface area (Å²) in [5.74, 6) is -0.221. The highest BCUT2D eigenvalue weighted by atomic mass is 35.5. The Morgan fingerprint density at radius 1 is 1.45 bits per heavy atom. The van der Waals surface area contributed by atoms with Gasteiger partial charge in [0.25, 0.3) is 0 Å². The van der Waals surface area contributed by atoms with Crippen molar-refractivity contribution in [1.82, 2.24) is 0 Å². The van der Waals surface area contributed by atoms with Crippen LogP contribution in [0.4, 0.5) is 0 Å². The molecule has 1 heterocycles. The third-order valence-corrected chi connectivity index (χ3v) is 3.82. The number of nitrogens with zero attached hydrogens (tertiary/aromatic N) is 1. The molecule has 0 N–H and O–H groups in total. The van der Waals surface area contributed by atoms with Crippen molar-refractivity contribution in [2.45, 2.75) is 11.4 Å². The quantitative estimate of drug-likeness (QED) is 0.329. The SMILES string of the molecule is O=C=N[C@@H]1CS(=O)(=O)C[C@H]1Cl. The normalized spacial score (nSPS) is 34.6. The third kappa shape index (κ3) is 2.02. The van der Waals surface area contributed by atoms with E-state index < -0.39 is 21.3 Å². The van der Waals surface area contributed by atoms with Crippen LogP contribution in [0, 0.1) is 0 Å². The van der Waals surface area contributed by atoms with Crippen molar-refractivity contribution in [2.75, 3.05) is 11.5 Å². The third-order valence-electron chi connectivity index (χ3n) is 1.47.